The molecule has 9 heteroatoms. The zero-order chi connectivity index (χ0) is 22.4. The molecule has 1 heterocycles. The highest BCUT2D eigenvalue weighted by molar-refractivity contribution is 5.96. The molecule has 1 aliphatic rings. The second-order valence-corrected chi connectivity index (χ2v) is 7.39. The SMILES string of the molecule is NC(Cc1ccc(N2CCN(CCO)CC2=O)cc1)C(=O)Nc1ccc(C(=O)O)cc1. The Morgan fingerprint density at radius 3 is 2.32 bits per heavy atom. The van der Waals surface area contributed by atoms with Gasteiger partial charge < -0.3 is 26.2 Å². The van der Waals surface area contributed by atoms with Crippen LogP contribution in [-0.4, -0.2) is 71.7 Å². The van der Waals surface area contributed by atoms with Gasteiger partial charge in [-0.15, -0.1) is 0 Å². The normalized spacial score (nSPS) is 15.5. The molecule has 0 radical (unpaired) electrons. The van der Waals surface area contributed by atoms with E-state index in [1.54, 1.807) is 4.90 Å². The van der Waals surface area contributed by atoms with Crippen molar-refractivity contribution in [2.75, 3.05) is 43.0 Å². The molecule has 1 aliphatic heterocycles. The van der Waals surface area contributed by atoms with Crippen molar-refractivity contribution in [1.82, 2.24) is 4.90 Å². The van der Waals surface area contributed by atoms with Gasteiger partial charge in [0.25, 0.3) is 0 Å². The number of nitrogens with one attached hydrogen (secondary N) is 1. The van der Waals surface area contributed by atoms with Gasteiger partial charge in [-0.3, -0.25) is 14.5 Å². The average molecular weight is 426 g/mol. The van der Waals surface area contributed by atoms with Crippen LogP contribution in [0.2, 0.25) is 0 Å². The predicted octanol–water partition coefficient (Wildman–Crippen LogP) is 0.534. The second kappa shape index (κ2) is 10.2. The first-order chi connectivity index (χ1) is 14.9. The third kappa shape index (κ3) is 5.88. The van der Waals surface area contributed by atoms with Crippen molar-refractivity contribution < 1.29 is 24.6 Å². The summed E-state index contributed by atoms with van der Waals surface area (Å²) in [6.45, 7) is 2.06. The number of hydrogen-bond acceptors (Lipinski definition) is 6. The number of aliphatic hydroxyl groups is 1. The third-order valence-electron chi connectivity index (χ3n) is 5.16. The fourth-order valence-electron chi connectivity index (χ4n) is 3.42. The maximum absolute atomic E-state index is 12.4. The van der Waals surface area contributed by atoms with Gasteiger partial charge in [-0.2, -0.15) is 0 Å². The summed E-state index contributed by atoms with van der Waals surface area (Å²) in [6.07, 6.45) is 0.317. The number of hydrogen-bond donors (Lipinski definition) is 4. The number of carbonyl (C=O) groups excluding carboxylic acids is 2. The number of benzene rings is 2. The number of rotatable bonds is 8. The van der Waals surface area contributed by atoms with E-state index in [9.17, 15) is 14.4 Å². The lowest BCUT2D eigenvalue weighted by Gasteiger charge is -2.34. The van der Waals surface area contributed by atoms with E-state index in [0.29, 0.717) is 31.7 Å². The van der Waals surface area contributed by atoms with E-state index < -0.39 is 12.0 Å². The number of β-amino-alcohol motifs (C(OH)–C–C–N with tert-alkyl or cyclic N) is 1. The number of nitrogens with zero attached hydrogens (tertiary/aromatic N) is 2. The average Bonchev–Trinajstić information content (AvgIpc) is 2.75. The highest BCUT2D eigenvalue weighted by atomic mass is 16.4. The molecule has 0 aromatic heterocycles. The van der Waals surface area contributed by atoms with Crippen LogP contribution in [0.3, 0.4) is 0 Å². The molecule has 2 aromatic carbocycles. The molecule has 0 spiro atoms. The van der Waals surface area contributed by atoms with E-state index in [-0.39, 0.29) is 30.5 Å². The van der Waals surface area contributed by atoms with E-state index >= 15 is 0 Å². The lowest BCUT2D eigenvalue weighted by molar-refractivity contribution is -0.121. The molecule has 0 bridgehead atoms. The molecule has 2 amide bonds. The van der Waals surface area contributed by atoms with Gasteiger partial charge in [0.15, 0.2) is 0 Å². The fourth-order valence-corrected chi connectivity index (χ4v) is 3.42. The van der Waals surface area contributed by atoms with Crippen molar-refractivity contribution >= 4 is 29.2 Å². The molecule has 1 fully saturated rings. The zero-order valence-corrected chi connectivity index (χ0v) is 17.0. The summed E-state index contributed by atoms with van der Waals surface area (Å²) in [6, 6.07) is 12.4. The molecule has 9 nitrogen and oxygen atoms in total. The Morgan fingerprint density at radius 1 is 1.06 bits per heavy atom. The molecule has 31 heavy (non-hydrogen) atoms. The highest BCUT2D eigenvalue weighted by Gasteiger charge is 2.24. The predicted molar refractivity (Wildman–Crippen MR) is 116 cm³/mol. The van der Waals surface area contributed by atoms with Crippen LogP contribution in [0.4, 0.5) is 11.4 Å². The zero-order valence-electron chi connectivity index (χ0n) is 17.0. The van der Waals surface area contributed by atoms with Crippen molar-refractivity contribution in [1.29, 1.82) is 0 Å². The first-order valence-corrected chi connectivity index (χ1v) is 9.99. The van der Waals surface area contributed by atoms with Gasteiger partial charge >= 0.3 is 5.97 Å². The lowest BCUT2D eigenvalue weighted by Crippen LogP contribution is -2.51. The molecule has 1 saturated heterocycles. The Balaban J connectivity index is 1.54. The summed E-state index contributed by atoms with van der Waals surface area (Å²) in [4.78, 5) is 39.2. The number of carbonyl (C=O) groups is 3. The third-order valence-corrected chi connectivity index (χ3v) is 5.16. The maximum atomic E-state index is 12.4. The summed E-state index contributed by atoms with van der Waals surface area (Å²) in [5, 5.41) is 20.6. The topological polar surface area (TPSA) is 136 Å². The maximum Gasteiger partial charge on any atom is 0.335 e. The number of nitrogens with two attached hydrogens (primary N) is 1. The molecular formula is C22H26N4O5. The van der Waals surface area contributed by atoms with Gasteiger partial charge in [0.1, 0.15) is 0 Å². The summed E-state index contributed by atoms with van der Waals surface area (Å²) in [5.74, 6) is -1.42. The van der Waals surface area contributed by atoms with Crippen molar-refractivity contribution in [2.24, 2.45) is 5.73 Å². The van der Waals surface area contributed by atoms with Gasteiger partial charge in [-0.25, -0.2) is 4.79 Å². The molecule has 1 unspecified atom stereocenters. The number of carboxylic acid groups (broad SMARTS) is 1. The largest absolute Gasteiger partial charge is 0.478 e. The highest BCUT2D eigenvalue weighted by Crippen LogP contribution is 2.19. The van der Waals surface area contributed by atoms with E-state index in [1.165, 1.54) is 24.3 Å². The van der Waals surface area contributed by atoms with Gasteiger partial charge in [0, 0.05) is 31.0 Å². The van der Waals surface area contributed by atoms with Crippen LogP contribution >= 0.6 is 0 Å². The van der Waals surface area contributed by atoms with Crippen LogP contribution in [0.1, 0.15) is 15.9 Å². The van der Waals surface area contributed by atoms with Crippen molar-refractivity contribution in [2.45, 2.75) is 12.5 Å². The van der Waals surface area contributed by atoms with Gasteiger partial charge in [-0.1, -0.05) is 12.1 Å². The Bertz CT molecular complexity index is 930. The summed E-state index contributed by atoms with van der Waals surface area (Å²) < 4.78 is 0. The van der Waals surface area contributed by atoms with Crippen LogP contribution in [0.25, 0.3) is 0 Å². The minimum absolute atomic E-state index is 0.0163. The molecule has 3 rings (SSSR count). The first kappa shape index (κ1) is 22.4. The monoisotopic (exact) mass is 426 g/mol. The molecule has 0 saturated carbocycles. The number of aliphatic hydroxyl groups excluding tert-OH is 1. The number of aromatic carboxylic acids is 1. The number of anilines is 2. The Labute approximate surface area is 180 Å². The molecular weight excluding hydrogens is 400 g/mol. The number of amides is 2. The van der Waals surface area contributed by atoms with Crippen LogP contribution in [-0.2, 0) is 16.0 Å². The van der Waals surface area contributed by atoms with Crippen LogP contribution in [0, 0.1) is 0 Å². The van der Waals surface area contributed by atoms with Gasteiger partial charge in [0.2, 0.25) is 11.8 Å². The minimum Gasteiger partial charge on any atom is -0.478 e. The molecule has 5 N–H and O–H groups in total. The Morgan fingerprint density at radius 2 is 1.74 bits per heavy atom. The van der Waals surface area contributed by atoms with E-state index in [0.717, 1.165) is 11.3 Å². The standard InChI is InChI=1S/C22H26N4O5/c23-19(21(29)24-17-5-3-16(4-6-17)22(30)31)13-15-1-7-18(8-2-15)26-10-9-25(11-12-27)14-20(26)28/h1-8,19,27H,9-14,23H2,(H,24,29)(H,30,31). The van der Waals surface area contributed by atoms with Crippen LogP contribution in [0.15, 0.2) is 48.5 Å². The van der Waals surface area contributed by atoms with E-state index in [4.69, 9.17) is 15.9 Å². The van der Waals surface area contributed by atoms with Gasteiger partial charge in [0.05, 0.1) is 24.8 Å². The second-order valence-electron chi connectivity index (χ2n) is 7.39. The van der Waals surface area contributed by atoms with Crippen LogP contribution in [0.5, 0.6) is 0 Å². The first-order valence-electron chi connectivity index (χ1n) is 9.99. The lowest BCUT2D eigenvalue weighted by atomic mass is 10.0. The molecule has 2 aromatic rings. The molecule has 164 valence electrons. The van der Waals surface area contributed by atoms with Crippen molar-refractivity contribution in [3.63, 3.8) is 0 Å². The summed E-state index contributed by atoms with van der Waals surface area (Å²) >= 11 is 0. The van der Waals surface area contributed by atoms with Crippen molar-refractivity contribution in [3.05, 3.63) is 59.7 Å². The fraction of sp³-hybridized carbons (Fsp3) is 0.318. The Kier molecular flexibility index (Phi) is 7.35. The van der Waals surface area contributed by atoms with Gasteiger partial charge in [-0.05, 0) is 48.4 Å². The van der Waals surface area contributed by atoms with E-state index in [1.807, 2.05) is 29.2 Å². The summed E-state index contributed by atoms with van der Waals surface area (Å²) in [5.41, 5.74) is 8.28. The Hall–Kier alpha value is -3.27. The quantitative estimate of drug-likeness (QED) is 0.483. The summed E-state index contributed by atoms with van der Waals surface area (Å²) in [7, 11) is 0. The number of carboxylic acids is 1. The molecule has 0 aliphatic carbocycles. The minimum atomic E-state index is -1.04. The number of piperazine rings is 1. The smallest absolute Gasteiger partial charge is 0.335 e. The van der Waals surface area contributed by atoms with E-state index in [2.05, 4.69) is 5.32 Å². The van der Waals surface area contributed by atoms with Crippen molar-refractivity contribution in [3.8, 4) is 0 Å². The van der Waals surface area contributed by atoms with Crippen LogP contribution < -0.4 is 16.0 Å². The molecule has 1 atom stereocenters.